The summed E-state index contributed by atoms with van der Waals surface area (Å²) in [5.74, 6) is 0.602. The molecule has 0 radical (unpaired) electrons. The largest absolute Gasteiger partial charge is 0.486 e. The van der Waals surface area contributed by atoms with Gasteiger partial charge in [0.1, 0.15) is 13.2 Å². The first kappa shape index (κ1) is 22.5. The highest BCUT2D eigenvalue weighted by molar-refractivity contribution is 7.92. The van der Waals surface area contributed by atoms with Gasteiger partial charge >= 0.3 is 0 Å². The van der Waals surface area contributed by atoms with Crippen LogP contribution in [0.15, 0.2) is 90.1 Å². The SMILES string of the molecule is O=C(Nc1ccc(Cn2cccn2)cc1)c1ccc(NS(=O)(=O)c2ccc3c(c2)OCCO3)cc1. The van der Waals surface area contributed by atoms with E-state index in [-0.39, 0.29) is 10.8 Å². The molecular weight excluding hydrogens is 468 g/mol. The minimum Gasteiger partial charge on any atom is -0.486 e. The molecule has 0 fully saturated rings. The number of hydrogen-bond donors (Lipinski definition) is 2. The van der Waals surface area contributed by atoms with Gasteiger partial charge in [-0.3, -0.25) is 14.2 Å². The summed E-state index contributed by atoms with van der Waals surface area (Å²) in [6.07, 6.45) is 3.61. The molecule has 4 aromatic rings. The molecule has 9 nitrogen and oxygen atoms in total. The molecule has 2 heterocycles. The van der Waals surface area contributed by atoms with E-state index >= 15 is 0 Å². The first-order chi connectivity index (χ1) is 17.0. The Morgan fingerprint density at radius 2 is 1.63 bits per heavy atom. The number of rotatable bonds is 7. The van der Waals surface area contributed by atoms with Crippen LogP contribution in [0.1, 0.15) is 15.9 Å². The summed E-state index contributed by atoms with van der Waals surface area (Å²) in [7, 11) is -3.84. The monoisotopic (exact) mass is 490 g/mol. The normalized spacial score (nSPS) is 12.7. The van der Waals surface area contributed by atoms with Crippen molar-refractivity contribution in [2.75, 3.05) is 23.3 Å². The van der Waals surface area contributed by atoms with Gasteiger partial charge in [0.25, 0.3) is 15.9 Å². The highest BCUT2D eigenvalue weighted by Gasteiger charge is 2.19. The zero-order valence-corrected chi connectivity index (χ0v) is 19.4. The number of nitrogens with one attached hydrogen (secondary N) is 2. The number of hydrogen-bond acceptors (Lipinski definition) is 6. The van der Waals surface area contributed by atoms with Crippen LogP contribution in [-0.2, 0) is 16.6 Å². The highest BCUT2D eigenvalue weighted by Crippen LogP contribution is 2.32. The molecule has 1 aliphatic heterocycles. The molecule has 2 N–H and O–H groups in total. The van der Waals surface area contributed by atoms with Gasteiger partial charge in [-0.1, -0.05) is 12.1 Å². The number of nitrogens with zero attached hydrogens (tertiary/aromatic N) is 2. The Hall–Kier alpha value is -4.31. The van der Waals surface area contributed by atoms with Crippen molar-refractivity contribution in [3.63, 3.8) is 0 Å². The number of ether oxygens (including phenoxy) is 2. The van der Waals surface area contributed by atoms with E-state index in [2.05, 4.69) is 15.1 Å². The molecule has 0 atom stereocenters. The maximum absolute atomic E-state index is 12.8. The van der Waals surface area contributed by atoms with Crippen LogP contribution < -0.4 is 19.5 Å². The molecule has 0 spiro atoms. The molecule has 35 heavy (non-hydrogen) atoms. The smallest absolute Gasteiger partial charge is 0.262 e. The molecule has 0 saturated heterocycles. The van der Waals surface area contributed by atoms with Crippen molar-refractivity contribution < 1.29 is 22.7 Å². The summed E-state index contributed by atoms with van der Waals surface area (Å²) in [6.45, 7) is 1.43. The van der Waals surface area contributed by atoms with Gasteiger partial charge in [0.15, 0.2) is 11.5 Å². The van der Waals surface area contributed by atoms with E-state index in [1.54, 1.807) is 24.4 Å². The van der Waals surface area contributed by atoms with Crippen molar-refractivity contribution in [1.29, 1.82) is 0 Å². The van der Waals surface area contributed by atoms with E-state index in [1.807, 2.05) is 41.2 Å². The predicted octanol–water partition coefficient (Wildman–Crippen LogP) is 3.76. The van der Waals surface area contributed by atoms with Gasteiger partial charge in [0.2, 0.25) is 0 Å². The third-order valence-corrected chi connectivity index (χ3v) is 6.72. The molecule has 178 valence electrons. The fourth-order valence-corrected chi connectivity index (χ4v) is 4.65. The van der Waals surface area contributed by atoms with Crippen molar-refractivity contribution in [1.82, 2.24) is 9.78 Å². The number of anilines is 2. The maximum atomic E-state index is 12.8. The van der Waals surface area contributed by atoms with E-state index in [0.29, 0.717) is 48.2 Å². The van der Waals surface area contributed by atoms with E-state index in [4.69, 9.17) is 9.47 Å². The first-order valence-corrected chi connectivity index (χ1v) is 12.3. The first-order valence-electron chi connectivity index (χ1n) is 10.9. The number of sulfonamides is 1. The number of amides is 1. The Bertz CT molecular complexity index is 1430. The van der Waals surface area contributed by atoms with Crippen molar-refractivity contribution in [3.05, 3.63) is 96.3 Å². The zero-order chi connectivity index (χ0) is 24.3. The number of benzene rings is 3. The second-order valence-corrected chi connectivity index (χ2v) is 9.53. The average Bonchev–Trinajstić information content (AvgIpc) is 3.38. The molecule has 3 aromatic carbocycles. The third-order valence-electron chi connectivity index (χ3n) is 5.34. The van der Waals surface area contributed by atoms with Crippen molar-refractivity contribution in [3.8, 4) is 11.5 Å². The molecular formula is C25H22N4O5S. The topological polar surface area (TPSA) is 112 Å². The van der Waals surface area contributed by atoms with Crippen LogP contribution >= 0.6 is 0 Å². The number of carbonyl (C=O) groups excluding carboxylic acids is 1. The number of aromatic nitrogens is 2. The lowest BCUT2D eigenvalue weighted by Gasteiger charge is -2.19. The fourth-order valence-electron chi connectivity index (χ4n) is 3.57. The quantitative estimate of drug-likeness (QED) is 0.408. The second-order valence-electron chi connectivity index (χ2n) is 7.84. The summed E-state index contributed by atoms with van der Waals surface area (Å²) >= 11 is 0. The third kappa shape index (κ3) is 5.28. The molecule has 10 heteroatoms. The Kier molecular flexibility index (Phi) is 6.11. The summed E-state index contributed by atoms with van der Waals surface area (Å²) in [4.78, 5) is 12.7. The second kappa shape index (κ2) is 9.51. The van der Waals surface area contributed by atoms with E-state index in [9.17, 15) is 13.2 Å². The fraction of sp³-hybridized carbons (Fsp3) is 0.120. The number of fused-ring (bicyclic) bond motifs is 1. The minimum atomic E-state index is -3.84. The van der Waals surface area contributed by atoms with Gasteiger partial charge in [-0.25, -0.2) is 8.42 Å². The predicted molar refractivity (Wildman–Crippen MR) is 130 cm³/mol. The maximum Gasteiger partial charge on any atom is 0.262 e. The van der Waals surface area contributed by atoms with Crippen LogP contribution in [0.5, 0.6) is 11.5 Å². The summed E-state index contributed by atoms with van der Waals surface area (Å²) < 4.78 is 40.8. The molecule has 0 saturated carbocycles. The van der Waals surface area contributed by atoms with E-state index < -0.39 is 10.0 Å². The molecule has 1 aromatic heterocycles. The molecule has 0 aliphatic carbocycles. The van der Waals surface area contributed by atoms with Crippen LogP contribution in [0.2, 0.25) is 0 Å². The molecule has 1 amide bonds. The van der Waals surface area contributed by atoms with Crippen LogP contribution in [0.4, 0.5) is 11.4 Å². The molecule has 0 unspecified atom stereocenters. The summed E-state index contributed by atoms with van der Waals surface area (Å²) in [5.41, 5.74) is 2.44. The lowest BCUT2D eigenvalue weighted by atomic mass is 10.1. The Labute approximate surface area is 202 Å². The molecule has 0 bridgehead atoms. The van der Waals surface area contributed by atoms with Crippen molar-refractivity contribution in [2.45, 2.75) is 11.4 Å². The Balaban J connectivity index is 1.22. The number of carbonyl (C=O) groups is 1. The van der Waals surface area contributed by atoms with Gasteiger partial charge in [-0.2, -0.15) is 5.10 Å². The Morgan fingerprint density at radius 1 is 0.914 bits per heavy atom. The van der Waals surface area contributed by atoms with Crippen LogP contribution in [-0.4, -0.2) is 37.3 Å². The molecule has 5 rings (SSSR count). The van der Waals surface area contributed by atoms with Gasteiger partial charge in [0.05, 0.1) is 11.4 Å². The molecule has 1 aliphatic rings. The highest BCUT2D eigenvalue weighted by atomic mass is 32.2. The van der Waals surface area contributed by atoms with Gasteiger partial charge < -0.3 is 14.8 Å². The van der Waals surface area contributed by atoms with Crippen LogP contribution in [0.3, 0.4) is 0 Å². The Morgan fingerprint density at radius 3 is 2.34 bits per heavy atom. The van der Waals surface area contributed by atoms with Crippen LogP contribution in [0, 0.1) is 0 Å². The van der Waals surface area contributed by atoms with E-state index in [1.165, 1.54) is 24.3 Å². The van der Waals surface area contributed by atoms with Gasteiger partial charge in [0, 0.05) is 35.4 Å². The van der Waals surface area contributed by atoms with Gasteiger partial charge in [-0.05, 0) is 60.2 Å². The lowest BCUT2D eigenvalue weighted by Crippen LogP contribution is -2.17. The average molecular weight is 491 g/mol. The summed E-state index contributed by atoms with van der Waals surface area (Å²) in [6, 6.07) is 20.0. The lowest BCUT2D eigenvalue weighted by molar-refractivity contribution is 0.102. The van der Waals surface area contributed by atoms with E-state index in [0.717, 1.165) is 5.56 Å². The van der Waals surface area contributed by atoms with Gasteiger partial charge in [-0.15, -0.1) is 0 Å². The standard InChI is InChI=1S/C25H22N4O5S/c30-25(27-20-6-2-18(3-7-20)17-29-13-1-12-26-29)19-4-8-21(9-5-19)28-35(31,32)22-10-11-23-24(16-22)34-15-14-33-23/h1-13,16,28H,14-15,17H2,(H,27,30). The van der Waals surface area contributed by atoms with Crippen molar-refractivity contribution in [2.24, 2.45) is 0 Å². The zero-order valence-electron chi connectivity index (χ0n) is 18.5. The summed E-state index contributed by atoms with van der Waals surface area (Å²) in [5, 5.41) is 7.02. The minimum absolute atomic E-state index is 0.0552. The van der Waals surface area contributed by atoms with Crippen molar-refractivity contribution >= 4 is 27.3 Å². The van der Waals surface area contributed by atoms with Crippen LogP contribution in [0.25, 0.3) is 0 Å².